The number of amides is 1. The van der Waals surface area contributed by atoms with Gasteiger partial charge >= 0.3 is 0 Å². The number of primary amides is 1. The number of benzene rings is 1. The van der Waals surface area contributed by atoms with Gasteiger partial charge in [-0.15, -0.1) is 0 Å². The van der Waals surface area contributed by atoms with E-state index in [9.17, 15) is 4.79 Å². The molecule has 0 spiro atoms. The molecule has 1 aromatic rings. The number of nitrogens with two attached hydrogens (primary N) is 1. The topological polar surface area (TPSA) is 52.3 Å². The molecule has 70 valence electrons. The van der Waals surface area contributed by atoms with Gasteiger partial charge in [0.05, 0.1) is 6.10 Å². The van der Waals surface area contributed by atoms with Crippen molar-refractivity contribution in [3.63, 3.8) is 0 Å². The summed E-state index contributed by atoms with van der Waals surface area (Å²) in [4.78, 5) is 10.7. The highest BCUT2D eigenvalue weighted by atomic mass is 16.5. The summed E-state index contributed by atoms with van der Waals surface area (Å²) in [5, 5.41) is 0. The molecule has 0 heterocycles. The molecular formula is C10H13NO2. The van der Waals surface area contributed by atoms with Gasteiger partial charge in [-0.05, 0) is 24.6 Å². The van der Waals surface area contributed by atoms with E-state index in [4.69, 9.17) is 10.5 Å². The number of carbonyl (C=O) groups excluding carboxylic acids is 1. The molecule has 0 aliphatic rings. The minimum Gasteiger partial charge on any atom is -0.377 e. The zero-order valence-corrected chi connectivity index (χ0v) is 7.78. The third-order valence-electron chi connectivity index (χ3n) is 2.02. The molecule has 0 bridgehead atoms. The van der Waals surface area contributed by atoms with Crippen molar-refractivity contribution in [2.75, 3.05) is 7.11 Å². The first-order valence-corrected chi connectivity index (χ1v) is 4.07. The molecule has 0 aliphatic heterocycles. The second-order valence-electron chi connectivity index (χ2n) is 2.86. The van der Waals surface area contributed by atoms with E-state index in [1.54, 1.807) is 19.2 Å². The van der Waals surface area contributed by atoms with Crippen LogP contribution in [0.25, 0.3) is 0 Å². The van der Waals surface area contributed by atoms with Gasteiger partial charge < -0.3 is 10.5 Å². The zero-order valence-electron chi connectivity index (χ0n) is 7.78. The van der Waals surface area contributed by atoms with Crippen LogP contribution in [0.1, 0.15) is 28.9 Å². The molecule has 3 heteroatoms. The van der Waals surface area contributed by atoms with E-state index in [0.29, 0.717) is 5.56 Å². The lowest BCUT2D eigenvalue weighted by atomic mass is 10.1. The Kier molecular flexibility index (Phi) is 3.03. The fourth-order valence-corrected chi connectivity index (χ4v) is 1.05. The largest absolute Gasteiger partial charge is 0.377 e. The minimum absolute atomic E-state index is 0.0435. The van der Waals surface area contributed by atoms with Crippen molar-refractivity contribution in [1.29, 1.82) is 0 Å². The fraction of sp³-hybridized carbons (Fsp3) is 0.300. The summed E-state index contributed by atoms with van der Waals surface area (Å²) in [6, 6.07) is 7.09. The predicted octanol–water partition coefficient (Wildman–Crippen LogP) is 1.49. The van der Waals surface area contributed by atoms with E-state index in [1.807, 2.05) is 19.1 Å². The predicted molar refractivity (Wildman–Crippen MR) is 50.4 cm³/mol. The van der Waals surface area contributed by atoms with Crippen LogP contribution in [0.15, 0.2) is 24.3 Å². The molecule has 0 aliphatic carbocycles. The highest BCUT2D eigenvalue weighted by Crippen LogP contribution is 2.15. The standard InChI is InChI=1S/C10H13NO2/c1-7(13-2)8-3-5-9(6-4-8)10(11)12/h3-7H,1-2H3,(H2,11,12). The molecule has 1 amide bonds. The SMILES string of the molecule is COC(C)c1ccc(C(N)=O)cc1. The van der Waals surface area contributed by atoms with Gasteiger partial charge in [0, 0.05) is 12.7 Å². The van der Waals surface area contributed by atoms with Crippen LogP contribution in [0.5, 0.6) is 0 Å². The van der Waals surface area contributed by atoms with Gasteiger partial charge in [-0.1, -0.05) is 12.1 Å². The highest BCUT2D eigenvalue weighted by molar-refractivity contribution is 5.92. The Balaban J connectivity index is 2.87. The molecule has 1 aromatic carbocycles. The lowest BCUT2D eigenvalue weighted by Gasteiger charge is -2.09. The van der Waals surface area contributed by atoms with Gasteiger partial charge in [0.2, 0.25) is 5.91 Å². The summed E-state index contributed by atoms with van der Waals surface area (Å²) in [7, 11) is 1.65. The van der Waals surface area contributed by atoms with Gasteiger partial charge in [-0.3, -0.25) is 4.79 Å². The number of carbonyl (C=O) groups is 1. The Bertz CT molecular complexity index is 292. The smallest absolute Gasteiger partial charge is 0.248 e. The molecule has 0 saturated carbocycles. The first-order valence-electron chi connectivity index (χ1n) is 4.07. The molecule has 3 nitrogen and oxygen atoms in total. The Morgan fingerprint density at radius 3 is 2.31 bits per heavy atom. The number of rotatable bonds is 3. The molecule has 13 heavy (non-hydrogen) atoms. The molecule has 2 N–H and O–H groups in total. The molecule has 1 rings (SSSR count). The van der Waals surface area contributed by atoms with Gasteiger partial charge in [-0.2, -0.15) is 0 Å². The van der Waals surface area contributed by atoms with E-state index in [1.165, 1.54) is 0 Å². The number of methoxy groups -OCH3 is 1. The Morgan fingerprint density at radius 2 is 1.92 bits per heavy atom. The molecule has 1 atom stereocenters. The quantitative estimate of drug-likeness (QED) is 0.764. The van der Waals surface area contributed by atoms with Crippen LogP contribution >= 0.6 is 0 Å². The summed E-state index contributed by atoms with van der Waals surface area (Å²) in [5.41, 5.74) is 6.66. The summed E-state index contributed by atoms with van der Waals surface area (Å²) < 4.78 is 5.12. The third kappa shape index (κ3) is 2.29. The molecule has 0 radical (unpaired) electrons. The summed E-state index contributed by atoms with van der Waals surface area (Å²) >= 11 is 0. The van der Waals surface area contributed by atoms with Crippen molar-refractivity contribution >= 4 is 5.91 Å². The van der Waals surface area contributed by atoms with E-state index in [2.05, 4.69) is 0 Å². The van der Waals surface area contributed by atoms with Crippen molar-refractivity contribution < 1.29 is 9.53 Å². The van der Waals surface area contributed by atoms with E-state index >= 15 is 0 Å². The summed E-state index contributed by atoms with van der Waals surface area (Å²) in [5.74, 6) is -0.406. The molecular weight excluding hydrogens is 166 g/mol. The van der Waals surface area contributed by atoms with Crippen LogP contribution in [0, 0.1) is 0 Å². The second-order valence-corrected chi connectivity index (χ2v) is 2.86. The summed E-state index contributed by atoms with van der Waals surface area (Å²) in [6.45, 7) is 1.94. The Hall–Kier alpha value is -1.35. The van der Waals surface area contributed by atoms with E-state index in [0.717, 1.165) is 5.56 Å². The maximum Gasteiger partial charge on any atom is 0.248 e. The van der Waals surface area contributed by atoms with Crippen molar-refractivity contribution in [3.05, 3.63) is 35.4 Å². The number of hydrogen-bond donors (Lipinski definition) is 1. The first-order chi connectivity index (χ1) is 6.15. The number of ether oxygens (including phenoxy) is 1. The van der Waals surface area contributed by atoms with Gasteiger partial charge in [0.25, 0.3) is 0 Å². The van der Waals surface area contributed by atoms with Crippen LogP contribution in [-0.2, 0) is 4.74 Å². The maximum absolute atomic E-state index is 10.7. The first kappa shape index (κ1) is 9.74. The van der Waals surface area contributed by atoms with Crippen LogP contribution in [0.2, 0.25) is 0 Å². The van der Waals surface area contributed by atoms with Crippen molar-refractivity contribution in [1.82, 2.24) is 0 Å². The van der Waals surface area contributed by atoms with Crippen molar-refractivity contribution in [2.45, 2.75) is 13.0 Å². The fourth-order valence-electron chi connectivity index (χ4n) is 1.05. The van der Waals surface area contributed by atoms with Crippen LogP contribution in [0.3, 0.4) is 0 Å². The van der Waals surface area contributed by atoms with Crippen molar-refractivity contribution in [2.24, 2.45) is 5.73 Å². The molecule has 1 unspecified atom stereocenters. The monoisotopic (exact) mass is 179 g/mol. The lowest BCUT2D eigenvalue weighted by molar-refractivity contribution is 0.0999. The zero-order chi connectivity index (χ0) is 9.84. The third-order valence-corrected chi connectivity index (χ3v) is 2.02. The van der Waals surface area contributed by atoms with E-state index in [-0.39, 0.29) is 6.10 Å². The average molecular weight is 179 g/mol. The van der Waals surface area contributed by atoms with Gasteiger partial charge in [0.15, 0.2) is 0 Å². The number of hydrogen-bond acceptors (Lipinski definition) is 2. The van der Waals surface area contributed by atoms with Crippen LogP contribution in [-0.4, -0.2) is 13.0 Å². The molecule has 0 fully saturated rings. The van der Waals surface area contributed by atoms with Crippen molar-refractivity contribution in [3.8, 4) is 0 Å². The Morgan fingerprint density at radius 1 is 1.38 bits per heavy atom. The van der Waals surface area contributed by atoms with Crippen LogP contribution in [0.4, 0.5) is 0 Å². The van der Waals surface area contributed by atoms with Gasteiger partial charge in [-0.25, -0.2) is 0 Å². The molecule has 0 saturated heterocycles. The normalized spacial score (nSPS) is 12.5. The lowest BCUT2D eigenvalue weighted by Crippen LogP contribution is -2.10. The maximum atomic E-state index is 10.7. The molecule has 0 aromatic heterocycles. The second kappa shape index (κ2) is 4.05. The highest BCUT2D eigenvalue weighted by Gasteiger charge is 2.04. The van der Waals surface area contributed by atoms with E-state index < -0.39 is 5.91 Å². The van der Waals surface area contributed by atoms with Crippen LogP contribution < -0.4 is 5.73 Å². The van der Waals surface area contributed by atoms with Gasteiger partial charge in [0.1, 0.15) is 0 Å². The Labute approximate surface area is 77.5 Å². The summed E-state index contributed by atoms with van der Waals surface area (Å²) in [6.07, 6.45) is 0.0435. The minimum atomic E-state index is -0.406. The average Bonchev–Trinajstić information content (AvgIpc) is 2.17.